The molecule has 0 unspecified atom stereocenters. The summed E-state index contributed by atoms with van der Waals surface area (Å²) in [5.74, 6) is -0.859. The number of carbonyl (C=O) groups excluding carboxylic acids is 2. The van der Waals surface area contributed by atoms with E-state index in [1.54, 1.807) is 36.4 Å². The minimum absolute atomic E-state index is 0.0442. The molecule has 1 N–H and O–H groups in total. The summed E-state index contributed by atoms with van der Waals surface area (Å²) < 4.78 is 30.0. The number of nitrogens with zero attached hydrogens (tertiary/aromatic N) is 2. The summed E-state index contributed by atoms with van der Waals surface area (Å²) in [5.41, 5.74) is 2.82. The van der Waals surface area contributed by atoms with Gasteiger partial charge in [0.15, 0.2) is 0 Å². The summed E-state index contributed by atoms with van der Waals surface area (Å²) in [4.78, 5) is 29.7. The molecule has 44 heavy (non-hydrogen) atoms. The first-order valence-electron chi connectivity index (χ1n) is 14.2. The van der Waals surface area contributed by atoms with E-state index in [1.807, 2.05) is 75.4 Å². The number of hydrogen-bond donors (Lipinski definition) is 1. The Balaban J connectivity index is 1.80. The second-order valence-corrected chi connectivity index (χ2v) is 14.0. The summed E-state index contributed by atoms with van der Waals surface area (Å²) in [7, 11) is -4.18. The van der Waals surface area contributed by atoms with E-state index in [2.05, 4.69) is 21.2 Å². The number of sulfonamides is 1. The van der Waals surface area contributed by atoms with Gasteiger partial charge < -0.3 is 10.2 Å². The van der Waals surface area contributed by atoms with Crippen LogP contribution in [0, 0.1) is 6.92 Å². The van der Waals surface area contributed by atoms with Gasteiger partial charge in [0.1, 0.15) is 12.6 Å². The third kappa shape index (κ3) is 8.71. The van der Waals surface area contributed by atoms with Crippen LogP contribution in [-0.4, -0.2) is 43.8 Å². The Morgan fingerprint density at radius 2 is 1.50 bits per heavy atom. The second-order valence-electron chi connectivity index (χ2n) is 10.8. The molecular formula is C34H35BrClN3O4S. The number of benzene rings is 4. The lowest BCUT2D eigenvalue weighted by Crippen LogP contribution is -2.54. The summed E-state index contributed by atoms with van der Waals surface area (Å²) in [5, 5.41) is 3.39. The molecule has 2 amide bonds. The molecule has 0 saturated carbocycles. The van der Waals surface area contributed by atoms with E-state index in [4.69, 9.17) is 11.6 Å². The Kier molecular flexibility index (Phi) is 11.2. The zero-order chi connectivity index (χ0) is 31.9. The van der Waals surface area contributed by atoms with Crippen LogP contribution in [0.5, 0.6) is 0 Å². The topological polar surface area (TPSA) is 86.8 Å². The van der Waals surface area contributed by atoms with E-state index in [0.717, 1.165) is 25.5 Å². The molecule has 0 aliphatic rings. The highest BCUT2D eigenvalue weighted by Gasteiger charge is 2.34. The van der Waals surface area contributed by atoms with Gasteiger partial charge >= 0.3 is 0 Å². The van der Waals surface area contributed by atoms with Gasteiger partial charge in [0.25, 0.3) is 10.0 Å². The number of nitrogens with one attached hydrogen (secondary N) is 1. The molecule has 4 rings (SSSR count). The predicted molar refractivity (Wildman–Crippen MR) is 179 cm³/mol. The van der Waals surface area contributed by atoms with Gasteiger partial charge in [-0.15, -0.1) is 0 Å². The van der Waals surface area contributed by atoms with Crippen LogP contribution >= 0.6 is 27.5 Å². The molecule has 4 aromatic carbocycles. The zero-order valence-electron chi connectivity index (χ0n) is 24.8. The fourth-order valence-electron chi connectivity index (χ4n) is 4.74. The van der Waals surface area contributed by atoms with Crippen LogP contribution in [-0.2, 0) is 32.6 Å². The molecule has 0 aromatic heterocycles. The van der Waals surface area contributed by atoms with E-state index >= 15 is 0 Å². The first-order chi connectivity index (χ1) is 20.9. The van der Waals surface area contributed by atoms with E-state index in [0.29, 0.717) is 5.02 Å². The summed E-state index contributed by atoms with van der Waals surface area (Å²) >= 11 is 9.62. The van der Waals surface area contributed by atoms with Crippen molar-refractivity contribution >= 4 is 55.1 Å². The molecule has 0 saturated heterocycles. The molecule has 0 aliphatic heterocycles. The van der Waals surface area contributed by atoms with Crippen molar-refractivity contribution in [3.8, 4) is 0 Å². The van der Waals surface area contributed by atoms with Gasteiger partial charge in [-0.2, -0.15) is 0 Å². The minimum Gasteiger partial charge on any atom is -0.352 e. The van der Waals surface area contributed by atoms with Gasteiger partial charge in [0.05, 0.1) is 10.6 Å². The molecule has 0 bridgehead atoms. The van der Waals surface area contributed by atoms with Crippen LogP contribution in [0.1, 0.15) is 30.5 Å². The lowest BCUT2D eigenvalue weighted by molar-refractivity contribution is -0.140. The van der Waals surface area contributed by atoms with Crippen molar-refractivity contribution in [3.05, 3.63) is 129 Å². The van der Waals surface area contributed by atoms with Crippen LogP contribution in [0.2, 0.25) is 5.02 Å². The number of anilines is 1. The normalized spacial score (nSPS) is 12.0. The molecule has 0 fully saturated rings. The highest BCUT2D eigenvalue weighted by molar-refractivity contribution is 9.10. The Bertz CT molecular complexity index is 1680. The van der Waals surface area contributed by atoms with Crippen LogP contribution in [0.4, 0.5) is 5.69 Å². The van der Waals surface area contributed by atoms with E-state index in [9.17, 15) is 18.0 Å². The number of amides is 2. The van der Waals surface area contributed by atoms with Crippen molar-refractivity contribution in [2.75, 3.05) is 10.8 Å². The van der Waals surface area contributed by atoms with Crippen LogP contribution in [0.15, 0.2) is 112 Å². The third-order valence-corrected chi connectivity index (χ3v) is 9.48. The Hall–Kier alpha value is -3.66. The van der Waals surface area contributed by atoms with Gasteiger partial charge in [-0.3, -0.25) is 13.9 Å². The number of carbonyl (C=O) groups is 2. The highest BCUT2D eigenvalue weighted by atomic mass is 79.9. The quantitative estimate of drug-likeness (QED) is 0.177. The largest absolute Gasteiger partial charge is 0.352 e. The molecule has 4 aromatic rings. The van der Waals surface area contributed by atoms with Crippen LogP contribution < -0.4 is 9.62 Å². The summed E-state index contributed by atoms with van der Waals surface area (Å²) in [6, 6.07) is 28.6. The van der Waals surface area contributed by atoms with Gasteiger partial charge in [-0.1, -0.05) is 87.7 Å². The summed E-state index contributed by atoms with van der Waals surface area (Å²) in [6.07, 6.45) is 0.241. The minimum atomic E-state index is -4.18. The lowest BCUT2D eigenvalue weighted by Gasteiger charge is -2.34. The van der Waals surface area contributed by atoms with E-state index in [1.165, 1.54) is 17.0 Å². The maximum atomic E-state index is 14.4. The van der Waals surface area contributed by atoms with Gasteiger partial charge in [-0.25, -0.2) is 8.42 Å². The molecule has 1 atom stereocenters. The predicted octanol–water partition coefficient (Wildman–Crippen LogP) is 6.77. The first kappa shape index (κ1) is 33.2. The fraction of sp³-hybridized carbons (Fsp3) is 0.235. The number of aryl methyl sites for hydroxylation is 1. The van der Waals surface area contributed by atoms with Crippen molar-refractivity contribution in [1.82, 2.24) is 10.2 Å². The van der Waals surface area contributed by atoms with E-state index in [-0.39, 0.29) is 35.5 Å². The third-order valence-electron chi connectivity index (χ3n) is 6.95. The van der Waals surface area contributed by atoms with Crippen LogP contribution in [0.3, 0.4) is 0 Å². The highest BCUT2D eigenvalue weighted by Crippen LogP contribution is 2.27. The average Bonchev–Trinajstić information content (AvgIpc) is 2.98. The maximum Gasteiger partial charge on any atom is 0.264 e. The standard InChI is InChI=1S/C34H35BrClN3O4S/c1-24(2)37-34(41)32(21-26-8-5-4-6-9-26)38(22-27-10-7-11-28(35)20-27)33(40)23-39(30-16-14-29(36)15-17-30)44(42,43)31-18-12-25(3)13-19-31/h4-20,24,32H,21-23H2,1-3H3,(H,37,41)/t32-/m0/s1. The Labute approximate surface area is 273 Å². The fourth-order valence-corrected chi connectivity index (χ4v) is 6.73. The van der Waals surface area contributed by atoms with Crippen molar-refractivity contribution in [2.45, 2.75) is 50.7 Å². The van der Waals surface area contributed by atoms with Crippen molar-refractivity contribution in [1.29, 1.82) is 0 Å². The number of rotatable bonds is 12. The maximum absolute atomic E-state index is 14.4. The Morgan fingerprint density at radius 3 is 2.11 bits per heavy atom. The molecule has 10 heteroatoms. The SMILES string of the molecule is Cc1ccc(S(=O)(=O)N(CC(=O)N(Cc2cccc(Br)c2)[C@@H](Cc2ccccc2)C(=O)NC(C)C)c2ccc(Cl)cc2)cc1. The van der Waals surface area contributed by atoms with Crippen LogP contribution in [0.25, 0.3) is 0 Å². The number of halogens is 2. The first-order valence-corrected chi connectivity index (χ1v) is 16.8. The molecular weight excluding hydrogens is 662 g/mol. The average molecular weight is 697 g/mol. The molecule has 0 aliphatic carbocycles. The molecule has 230 valence electrons. The Morgan fingerprint density at radius 1 is 0.864 bits per heavy atom. The second kappa shape index (κ2) is 14.9. The molecule has 0 radical (unpaired) electrons. The van der Waals surface area contributed by atoms with E-state index < -0.39 is 28.5 Å². The van der Waals surface area contributed by atoms with Crippen molar-refractivity contribution in [3.63, 3.8) is 0 Å². The van der Waals surface area contributed by atoms with Gasteiger partial charge in [-0.05, 0) is 80.4 Å². The smallest absolute Gasteiger partial charge is 0.264 e. The molecule has 7 nitrogen and oxygen atoms in total. The number of hydrogen-bond acceptors (Lipinski definition) is 4. The summed E-state index contributed by atoms with van der Waals surface area (Å²) in [6.45, 7) is 5.13. The zero-order valence-corrected chi connectivity index (χ0v) is 27.9. The molecule has 0 heterocycles. The molecule has 0 spiro atoms. The monoisotopic (exact) mass is 695 g/mol. The van der Waals surface area contributed by atoms with Crippen molar-refractivity contribution < 1.29 is 18.0 Å². The lowest BCUT2D eigenvalue weighted by atomic mass is 10.0. The van der Waals surface area contributed by atoms with Crippen molar-refractivity contribution in [2.24, 2.45) is 0 Å². The van der Waals surface area contributed by atoms with Gasteiger partial charge in [0.2, 0.25) is 11.8 Å². The van der Waals surface area contributed by atoms with Gasteiger partial charge in [0, 0.05) is 28.5 Å².